The number of halogens is 1. The molecule has 0 N–H and O–H groups in total. The van der Waals surface area contributed by atoms with E-state index in [2.05, 4.69) is 15.0 Å². The third kappa shape index (κ3) is 5.01. The second kappa shape index (κ2) is 9.04. The molecule has 7 nitrogen and oxygen atoms in total. The molecule has 2 heterocycles. The Morgan fingerprint density at radius 3 is 2.63 bits per heavy atom. The number of nitrogens with zero attached hydrogens (tertiary/aromatic N) is 4. The molecule has 1 aliphatic rings. The second-order valence-electron chi connectivity index (χ2n) is 7.28. The fourth-order valence-electron chi connectivity index (χ4n) is 3.33. The molecule has 8 heteroatoms. The number of carbonyl (C=O) groups is 1. The Morgan fingerprint density at radius 2 is 1.90 bits per heavy atom. The van der Waals surface area contributed by atoms with Gasteiger partial charge in [0.2, 0.25) is 11.7 Å². The van der Waals surface area contributed by atoms with Gasteiger partial charge < -0.3 is 14.2 Å². The maximum Gasteiger partial charge on any atom is 0.260 e. The predicted molar refractivity (Wildman–Crippen MR) is 108 cm³/mol. The zero-order valence-electron chi connectivity index (χ0n) is 16.8. The summed E-state index contributed by atoms with van der Waals surface area (Å²) in [5, 5.41) is 4.08. The molecule has 0 saturated carbocycles. The van der Waals surface area contributed by atoms with Crippen LogP contribution >= 0.6 is 0 Å². The Labute approximate surface area is 174 Å². The van der Waals surface area contributed by atoms with E-state index in [1.165, 1.54) is 24.3 Å². The summed E-state index contributed by atoms with van der Waals surface area (Å²) in [6.07, 6.45) is 0. The SMILES string of the molecule is Cc1cccc(-c2noc(CN3CCN(C(=O)COc4ccc(F)cc4)CC3)n2)c1. The van der Waals surface area contributed by atoms with Gasteiger partial charge in [-0.05, 0) is 37.3 Å². The van der Waals surface area contributed by atoms with E-state index >= 15 is 0 Å². The van der Waals surface area contributed by atoms with Crippen LogP contribution in [-0.4, -0.2) is 58.6 Å². The number of carbonyl (C=O) groups excluding carboxylic acids is 1. The minimum atomic E-state index is -0.336. The summed E-state index contributed by atoms with van der Waals surface area (Å²) in [5.74, 6) is 1.20. The molecule has 2 aromatic carbocycles. The summed E-state index contributed by atoms with van der Waals surface area (Å²) in [5.41, 5.74) is 2.07. The van der Waals surface area contributed by atoms with Gasteiger partial charge in [0.1, 0.15) is 11.6 Å². The molecule has 0 atom stereocenters. The van der Waals surface area contributed by atoms with Crippen molar-refractivity contribution in [1.29, 1.82) is 0 Å². The Morgan fingerprint density at radius 1 is 1.13 bits per heavy atom. The molecule has 0 spiro atoms. The molecule has 1 aromatic heterocycles. The first-order valence-electron chi connectivity index (χ1n) is 9.85. The molecule has 1 amide bonds. The van der Waals surface area contributed by atoms with Gasteiger partial charge in [0.15, 0.2) is 6.61 Å². The number of aryl methyl sites for hydroxylation is 1. The van der Waals surface area contributed by atoms with Crippen molar-refractivity contribution >= 4 is 5.91 Å². The van der Waals surface area contributed by atoms with Gasteiger partial charge in [-0.2, -0.15) is 4.98 Å². The lowest BCUT2D eigenvalue weighted by molar-refractivity contribution is -0.135. The number of rotatable bonds is 6. The van der Waals surface area contributed by atoms with Crippen LogP contribution in [0.5, 0.6) is 5.75 Å². The van der Waals surface area contributed by atoms with Gasteiger partial charge in [-0.1, -0.05) is 28.9 Å². The number of piperazine rings is 1. The predicted octanol–water partition coefficient (Wildman–Crippen LogP) is 2.91. The highest BCUT2D eigenvalue weighted by molar-refractivity contribution is 5.77. The summed E-state index contributed by atoms with van der Waals surface area (Å²) in [6, 6.07) is 13.6. The molecule has 1 saturated heterocycles. The highest BCUT2D eigenvalue weighted by Gasteiger charge is 2.23. The molecular formula is C22H23FN4O3. The quantitative estimate of drug-likeness (QED) is 0.622. The van der Waals surface area contributed by atoms with Crippen molar-refractivity contribution in [3.63, 3.8) is 0 Å². The highest BCUT2D eigenvalue weighted by atomic mass is 19.1. The molecule has 1 aliphatic heterocycles. The lowest BCUT2D eigenvalue weighted by Gasteiger charge is -2.33. The largest absolute Gasteiger partial charge is 0.484 e. The summed E-state index contributed by atoms with van der Waals surface area (Å²) >= 11 is 0. The van der Waals surface area contributed by atoms with Gasteiger partial charge in [-0.3, -0.25) is 9.69 Å². The molecule has 0 aliphatic carbocycles. The van der Waals surface area contributed by atoms with Crippen LogP contribution in [0.1, 0.15) is 11.5 Å². The lowest BCUT2D eigenvalue weighted by Crippen LogP contribution is -2.49. The van der Waals surface area contributed by atoms with Crippen molar-refractivity contribution in [2.45, 2.75) is 13.5 Å². The summed E-state index contributed by atoms with van der Waals surface area (Å²) in [6.45, 7) is 5.14. The first-order chi connectivity index (χ1) is 14.6. The van der Waals surface area contributed by atoms with Crippen molar-refractivity contribution in [2.75, 3.05) is 32.8 Å². The van der Waals surface area contributed by atoms with E-state index in [1.807, 2.05) is 31.2 Å². The number of hydrogen-bond acceptors (Lipinski definition) is 6. The zero-order chi connectivity index (χ0) is 20.9. The fourth-order valence-corrected chi connectivity index (χ4v) is 3.33. The second-order valence-corrected chi connectivity index (χ2v) is 7.28. The van der Waals surface area contributed by atoms with E-state index in [4.69, 9.17) is 9.26 Å². The summed E-state index contributed by atoms with van der Waals surface area (Å²) in [7, 11) is 0. The van der Waals surface area contributed by atoms with E-state index in [0.717, 1.165) is 11.1 Å². The van der Waals surface area contributed by atoms with Gasteiger partial charge in [0.05, 0.1) is 6.54 Å². The van der Waals surface area contributed by atoms with Crippen LogP contribution in [0.4, 0.5) is 4.39 Å². The molecule has 1 fully saturated rings. The van der Waals surface area contributed by atoms with E-state index in [1.54, 1.807) is 4.90 Å². The van der Waals surface area contributed by atoms with E-state index < -0.39 is 0 Å². The normalized spacial score (nSPS) is 14.7. The first-order valence-corrected chi connectivity index (χ1v) is 9.85. The average Bonchev–Trinajstić information content (AvgIpc) is 3.22. The maximum atomic E-state index is 12.9. The summed E-state index contributed by atoms with van der Waals surface area (Å²) < 4.78 is 23.8. The topological polar surface area (TPSA) is 71.7 Å². The average molecular weight is 410 g/mol. The molecule has 0 bridgehead atoms. The number of amides is 1. The van der Waals surface area contributed by atoms with Crippen molar-refractivity contribution in [3.8, 4) is 17.1 Å². The van der Waals surface area contributed by atoms with Crippen LogP contribution in [0.2, 0.25) is 0 Å². The first kappa shape index (κ1) is 20.0. The van der Waals surface area contributed by atoms with Gasteiger partial charge in [-0.25, -0.2) is 4.39 Å². The molecule has 0 radical (unpaired) electrons. The molecule has 156 valence electrons. The van der Waals surface area contributed by atoms with Crippen molar-refractivity contribution < 1.29 is 18.4 Å². The van der Waals surface area contributed by atoms with Gasteiger partial charge in [0.25, 0.3) is 5.91 Å². The van der Waals surface area contributed by atoms with E-state index in [9.17, 15) is 9.18 Å². The van der Waals surface area contributed by atoms with Gasteiger partial charge in [0, 0.05) is 31.7 Å². The number of hydrogen-bond donors (Lipinski definition) is 0. The van der Waals surface area contributed by atoms with Crippen molar-refractivity contribution in [3.05, 3.63) is 65.8 Å². The summed E-state index contributed by atoms with van der Waals surface area (Å²) in [4.78, 5) is 20.8. The monoisotopic (exact) mass is 410 g/mol. The van der Waals surface area contributed by atoms with Crippen LogP contribution in [-0.2, 0) is 11.3 Å². The Kier molecular flexibility index (Phi) is 6.04. The Balaban J connectivity index is 1.24. The lowest BCUT2D eigenvalue weighted by atomic mass is 10.1. The van der Waals surface area contributed by atoms with E-state index in [0.29, 0.717) is 50.2 Å². The zero-order valence-corrected chi connectivity index (χ0v) is 16.8. The van der Waals surface area contributed by atoms with Crippen LogP contribution in [0.25, 0.3) is 11.4 Å². The smallest absolute Gasteiger partial charge is 0.260 e. The fraction of sp³-hybridized carbons (Fsp3) is 0.318. The van der Waals surface area contributed by atoms with Crippen LogP contribution in [0, 0.1) is 12.7 Å². The third-order valence-electron chi connectivity index (χ3n) is 5.00. The van der Waals surface area contributed by atoms with Crippen LogP contribution in [0.3, 0.4) is 0 Å². The molecule has 0 unspecified atom stereocenters. The Bertz CT molecular complexity index is 998. The van der Waals surface area contributed by atoms with Gasteiger partial charge >= 0.3 is 0 Å². The Hall–Kier alpha value is -3.26. The highest BCUT2D eigenvalue weighted by Crippen LogP contribution is 2.18. The number of ether oxygens (including phenoxy) is 1. The molecule has 4 rings (SSSR count). The molecule has 30 heavy (non-hydrogen) atoms. The maximum absolute atomic E-state index is 12.9. The molecular weight excluding hydrogens is 387 g/mol. The number of benzene rings is 2. The van der Waals surface area contributed by atoms with Crippen LogP contribution in [0.15, 0.2) is 53.1 Å². The molecule has 3 aromatic rings. The van der Waals surface area contributed by atoms with Crippen molar-refractivity contribution in [1.82, 2.24) is 19.9 Å². The van der Waals surface area contributed by atoms with Crippen molar-refractivity contribution in [2.24, 2.45) is 0 Å². The minimum Gasteiger partial charge on any atom is -0.484 e. The van der Waals surface area contributed by atoms with E-state index in [-0.39, 0.29) is 18.3 Å². The number of aromatic nitrogens is 2. The van der Waals surface area contributed by atoms with Gasteiger partial charge in [-0.15, -0.1) is 0 Å². The van der Waals surface area contributed by atoms with Crippen LogP contribution < -0.4 is 4.74 Å². The third-order valence-corrected chi connectivity index (χ3v) is 5.00. The standard InChI is InChI=1S/C22H23FN4O3/c1-16-3-2-4-17(13-16)22-24-20(30-25-22)14-26-9-11-27(12-10-26)21(28)15-29-19-7-5-18(23)6-8-19/h2-8,13H,9-12,14-15H2,1H3. The minimum absolute atomic E-state index is 0.0604.